The molecule has 96 valence electrons. The summed E-state index contributed by atoms with van der Waals surface area (Å²) in [5, 5.41) is 3.59. The molecule has 2 atom stereocenters. The Morgan fingerprint density at radius 1 is 0.947 bits per heavy atom. The van der Waals surface area contributed by atoms with Gasteiger partial charge in [0.05, 0.1) is 0 Å². The first-order chi connectivity index (χ1) is 9.43. The molecule has 1 fully saturated rings. The summed E-state index contributed by atoms with van der Waals surface area (Å²) in [5.41, 5.74) is 2.73. The molecule has 0 aromatic heterocycles. The van der Waals surface area contributed by atoms with Crippen LogP contribution in [0.5, 0.6) is 0 Å². The number of rotatable bonds is 5. The zero-order valence-electron chi connectivity index (χ0n) is 11.0. The molecule has 0 bridgehead atoms. The predicted octanol–water partition coefficient (Wildman–Crippen LogP) is 3.85. The van der Waals surface area contributed by atoms with Crippen LogP contribution in [0.4, 0.5) is 0 Å². The van der Waals surface area contributed by atoms with Gasteiger partial charge in [-0.2, -0.15) is 0 Å². The number of benzene rings is 2. The summed E-state index contributed by atoms with van der Waals surface area (Å²) in [6, 6.07) is 21.9. The van der Waals surface area contributed by atoms with Gasteiger partial charge in [-0.15, -0.1) is 0 Å². The third kappa shape index (κ3) is 3.33. The molecule has 1 heteroatoms. The first-order valence-corrected chi connectivity index (χ1v) is 6.93. The predicted molar refractivity (Wildman–Crippen MR) is 81.1 cm³/mol. The lowest BCUT2D eigenvalue weighted by Crippen LogP contribution is -2.17. The Kier molecular flexibility index (Phi) is 3.75. The van der Waals surface area contributed by atoms with Crippen molar-refractivity contribution in [1.82, 2.24) is 5.32 Å². The Bertz CT molecular complexity index is 530. The first kappa shape index (κ1) is 12.2. The van der Waals surface area contributed by atoms with Crippen LogP contribution >= 0.6 is 0 Å². The van der Waals surface area contributed by atoms with Crippen LogP contribution in [-0.4, -0.2) is 12.6 Å². The van der Waals surface area contributed by atoms with Gasteiger partial charge in [0.15, 0.2) is 0 Å². The lowest BCUT2D eigenvalue weighted by atomic mass is 10.1. The van der Waals surface area contributed by atoms with E-state index in [0.29, 0.717) is 12.0 Å². The zero-order chi connectivity index (χ0) is 12.9. The fourth-order valence-corrected chi connectivity index (χ4v) is 2.47. The van der Waals surface area contributed by atoms with Crippen LogP contribution in [0.15, 0.2) is 66.7 Å². The van der Waals surface area contributed by atoms with Crippen molar-refractivity contribution in [2.24, 2.45) is 0 Å². The van der Waals surface area contributed by atoms with Gasteiger partial charge in [-0.05, 0) is 17.5 Å². The largest absolute Gasteiger partial charge is 0.310 e. The van der Waals surface area contributed by atoms with Crippen molar-refractivity contribution in [2.45, 2.75) is 18.4 Å². The maximum Gasteiger partial charge on any atom is 0.0146 e. The molecule has 1 aliphatic rings. The molecule has 0 radical (unpaired) electrons. The van der Waals surface area contributed by atoms with Gasteiger partial charge in [-0.3, -0.25) is 0 Å². The van der Waals surface area contributed by atoms with E-state index < -0.39 is 0 Å². The van der Waals surface area contributed by atoms with E-state index in [-0.39, 0.29) is 0 Å². The highest BCUT2D eigenvalue weighted by Gasteiger charge is 2.37. The molecule has 19 heavy (non-hydrogen) atoms. The maximum atomic E-state index is 3.59. The third-order valence-corrected chi connectivity index (χ3v) is 3.63. The van der Waals surface area contributed by atoms with Gasteiger partial charge in [0.2, 0.25) is 0 Å². The van der Waals surface area contributed by atoms with E-state index in [1.54, 1.807) is 0 Å². The van der Waals surface area contributed by atoms with E-state index >= 15 is 0 Å². The molecule has 3 rings (SSSR count). The SMILES string of the molecule is C(=Cc1ccccc1)CNC1CC1c1ccccc1. The highest BCUT2D eigenvalue weighted by atomic mass is 15.0. The molecule has 1 N–H and O–H groups in total. The molecule has 1 aliphatic carbocycles. The van der Waals surface area contributed by atoms with Gasteiger partial charge in [0, 0.05) is 18.5 Å². The fraction of sp³-hybridized carbons (Fsp3) is 0.222. The smallest absolute Gasteiger partial charge is 0.0146 e. The van der Waals surface area contributed by atoms with Gasteiger partial charge in [0.1, 0.15) is 0 Å². The lowest BCUT2D eigenvalue weighted by molar-refractivity contribution is 0.734. The summed E-state index contributed by atoms with van der Waals surface area (Å²) in [5.74, 6) is 0.714. The van der Waals surface area contributed by atoms with Gasteiger partial charge in [-0.1, -0.05) is 72.8 Å². The Morgan fingerprint density at radius 2 is 1.63 bits per heavy atom. The summed E-state index contributed by atoms with van der Waals surface area (Å²) in [7, 11) is 0. The minimum Gasteiger partial charge on any atom is -0.310 e. The highest BCUT2D eigenvalue weighted by molar-refractivity contribution is 5.48. The monoisotopic (exact) mass is 249 g/mol. The summed E-state index contributed by atoms with van der Waals surface area (Å²) in [6.07, 6.45) is 5.64. The number of hydrogen-bond acceptors (Lipinski definition) is 1. The van der Waals surface area contributed by atoms with Crippen LogP contribution < -0.4 is 5.32 Å². The van der Waals surface area contributed by atoms with Crippen molar-refractivity contribution in [3.05, 3.63) is 77.9 Å². The molecule has 0 aliphatic heterocycles. The topological polar surface area (TPSA) is 12.0 Å². The maximum absolute atomic E-state index is 3.59. The number of hydrogen-bond donors (Lipinski definition) is 1. The van der Waals surface area contributed by atoms with E-state index in [4.69, 9.17) is 0 Å². The van der Waals surface area contributed by atoms with Crippen molar-refractivity contribution in [3.8, 4) is 0 Å². The third-order valence-electron chi connectivity index (χ3n) is 3.63. The molecule has 2 aromatic carbocycles. The molecular weight excluding hydrogens is 230 g/mol. The van der Waals surface area contributed by atoms with Crippen molar-refractivity contribution >= 4 is 6.08 Å². The van der Waals surface area contributed by atoms with Gasteiger partial charge in [0.25, 0.3) is 0 Å². The van der Waals surface area contributed by atoms with E-state index in [0.717, 1.165) is 6.54 Å². The Hall–Kier alpha value is -1.86. The van der Waals surface area contributed by atoms with Crippen LogP contribution in [0.1, 0.15) is 23.5 Å². The summed E-state index contributed by atoms with van der Waals surface area (Å²) < 4.78 is 0. The van der Waals surface area contributed by atoms with Crippen molar-refractivity contribution in [3.63, 3.8) is 0 Å². The number of nitrogens with one attached hydrogen (secondary N) is 1. The van der Waals surface area contributed by atoms with Crippen molar-refractivity contribution < 1.29 is 0 Å². The first-order valence-electron chi connectivity index (χ1n) is 6.93. The van der Waals surface area contributed by atoms with Crippen LogP contribution in [0, 0.1) is 0 Å². The quantitative estimate of drug-likeness (QED) is 0.848. The lowest BCUT2D eigenvalue weighted by Gasteiger charge is -2.01. The normalized spacial score (nSPS) is 21.7. The molecule has 2 aromatic rings. The molecule has 1 nitrogen and oxygen atoms in total. The van der Waals surface area contributed by atoms with Crippen molar-refractivity contribution in [1.29, 1.82) is 0 Å². The standard InChI is InChI=1S/C18H19N/c1-3-8-15(9-4-1)10-7-13-19-18-14-17(18)16-11-5-2-6-12-16/h1-12,17-19H,13-14H2. The molecule has 0 amide bonds. The zero-order valence-corrected chi connectivity index (χ0v) is 11.0. The second-order valence-corrected chi connectivity index (χ2v) is 5.08. The van der Waals surface area contributed by atoms with Crippen molar-refractivity contribution in [2.75, 3.05) is 6.54 Å². The average molecular weight is 249 g/mol. The van der Waals surface area contributed by atoms with E-state index in [1.807, 2.05) is 6.07 Å². The molecule has 1 saturated carbocycles. The minimum atomic E-state index is 0.655. The minimum absolute atomic E-state index is 0.655. The van der Waals surface area contributed by atoms with Crippen LogP contribution in [0.2, 0.25) is 0 Å². The van der Waals surface area contributed by atoms with E-state index in [1.165, 1.54) is 17.5 Å². The van der Waals surface area contributed by atoms with E-state index in [9.17, 15) is 0 Å². The Labute approximate surface area is 115 Å². The summed E-state index contributed by atoms with van der Waals surface area (Å²) >= 11 is 0. The van der Waals surface area contributed by atoms with Crippen LogP contribution in [-0.2, 0) is 0 Å². The second-order valence-electron chi connectivity index (χ2n) is 5.08. The highest BCUT2D eigenvalue weighted by Crippen LogP contribution is 2.40. The summed E-state index contributed by atoms with van der Waals surface area (Å²) in [6.45, 7) is 0.947. The Morgan fingerprint density at radius 3 is 2.37 bits per heavy atom. The molecule has 0 heterocycles. The Balaban J connectivity index is 1.44. The van der Waals surface area contributed by atoms with E-state index in [2.05, 4.69) is 72.1 Å². The van der Waals surface area contributed by atoms with Crippen LogP contribution in [0.3, 0.4) is 0 Å². The summed E-state index contributed by atoms with van der Waals surface area (Å²) in [4.78, 5) is 0. The molecule has 2 unspecified atom stereocenters. The van der Waals surface area contributed by atoms with Gasteiger partial charge >= 0.3 is 0 Å². The fourth-order valence-electron chi connectivity index (χ4n) is 2.47. The van der Waals surface area contributed by atoms with Crippen LogP contribution in [0.25, 0.3) is 6.08 Å². The van der Waals surface area contributed by atoms with Gasteiger partial charge < -0.3 is 5.32 Å². The molecule has 0 spiro atoms. The van der Waals surface area contributed by atoms with Gasteiger partial charge in [-0.25, -0.2) is 0 Å². The average Bonchev–Trinajstić information content (AvgIpc) is 3.25. The molecular formula is C18H19N. The second kappa shape index (κ2) is 5.85. The molecule has 0 saturated heterocycles.